The van der Waals surface area contributed by atoms with E-state index >= 15 is 0 Å². The third kappa shape index (κ3) is 2.73. The van der Waals surface area contributed by atoms with Gasteiger partial charge in [-0.2, -0.15) is 0 Å². The molecule has 1 rings (SSSR count). The Balaban J connectivity index is 2.21. The molecule has 12 heavy (non-hydrogen) atoms. The minimum absolute atomic E-state index is 0.0937. The van der Waals surface area contributed by atoms with Crippen LogP contribution in [0.4, 0.5) is 0 Å². The molecule has 1 N–H and O–H groups in total. The molecule has 1 saturated heterocycles. The number of aliphatic hydroxyl groups is 1. The van der Waals surface area contributed by atoms with E-state index in [0.29, 0.717) is 5.92 Å². The summed E-state index contributed by atoms with van der Waals surface area (Å²) in [6, 6.07) is 0. The Morgan fingerprint density at radius 1 is 1.58 bits per heavy atom. The summed E-state index contributed by atoms with van der Waals surface area (Å²) in [6.07, 6.45) is 0.814. The van der Waals surface area contributed by atoms with Crippen LogP contribution in [-0.4, -0.2) is 49.5 Å². The molecule has 3 heteroatoms. The monoisotopic (exact) mass is 173 g/mol. The number of nitrogens with zero attached hydrogens (tertiary/aromatic N) is 1. The van der Waals surface area contributed by atoms with Crippen LogP contribution in [-0.2, 0) is 4.74 Å². The van der Waals surface area contributed by atoms with Crippen molar-refractivity contribution in [3.8, 4) is 0 Å². The highest BCUT2D eigenvalue weighted by molar-refractivity contribution is 4.76. The minimum atomic E-state index is -0.0937. The van der Waals surface area contributed by atoms with Gasteiger partial charge in [0.2, 0.25) is 0 Å². The lowest BCUT2D eigenvalue weighted by molar-refractivity contribution is 0.0254. The van der Waals surface area contributed by atoms with E-state index in [4.69, 9.17) is 4.74 Å². The number of hydrogen-bond donors (Lipinski definition) is 1. The lowest BCUT2D eigenvalue weighted by Gasteiger charge is -2.34. The van der Waals surface area contributed by atoms with Crippen molar-refractivity contribution in [2.24, 2.45) is 5.92 Å². The van der Waals surface area contributed by atoms with Gasteiger partial charge in [0.05, 0.1) is 12.7 Å². The molecule has 1 heterocycles. The van der Waals surface area contributed by atoms with Crippen molar-refractivity contribution in [1.29, 1.82) is 0 Å². The van der Waals surface area contributed by atoms with E-state index < -0.39 is 0 Å². The van der Waals surface area contributed by atoms with Gasteiger partial charge in [0.25, 0.3) is 0 Å². The SMILES string of the molecule is COCCN1CC[C@H](O)[C@H](C)C1. The Bertz CT molecular complexity index is 128. The maximum Gasteiger partial charge on any atom is 0.0590 e. The first-order valence-corrected chi connectivity index (χ1v) is 4.63. The molecule has 0 aromatic heterocycles. The first-order valence-electron chi connectivity index (χ1n) is 4.63. The Morgan fingerprint density at radius 2 is 2.33 bits per heavy atom. The second-order valence-corrected chi connectivity index (χ2v) is 3.63. The van der Waals surface area contributed by atoms with Crippen molar-refractivity contribution >= 4 is 0 Å². The smallest absolute Gasteiger partial charge is 0.0590 e. The van der Waals surface area contributed by atoms with E-state index in [1.807, 2.05) is 0 Å². The number of ether oxygens (including phenoxy) is 1. The van der Waals surface area contributed by atoms with Crippen molar-refractivity contribution in [2.45, 2.75) is 19.4 Å². The van der Waals surface area contributed by atoms with Crippen LogP contribution in [0.5, 0.6) is 0 Å². The van der Waals surface area contributed by atoms with E-state index in [0.717, 1.165) is 32.7 Å². The zero-order chi connectivity index (χ0) is 8.97. The van der Waals surface area contributed by atoms with Crippen LogP contribution < -0.4 is 0 Å². The summed E-state index contributed by atoms with van der Waals surface area (Å²) in [5.41, 5.74) is 0. The molecule has 3 nitrogen and oxygen atoms in total. The molecule has 0 spiro atoms. The molecule has 0 saturated carbocycles. The maximum atomic E-state index is 9.46. The van der Waals surface area contributed by atoms with E-state index in [1.165, 1.54) is 0 Å². The summed E-state index contributed by atoms with van der Waals surface area (Å²) < 4.78 is 5.00. The molecule has 0 radical (unpaired) electrons. The fourth-order valence-corrected chi connectivity index (χ4v) is 1.64. The van der Waals surface area contributed by atoms with Gasteiger partial charge in [0.1, 0.15) is 0 Å². The molecule has 1 aliphatic heterocycles. The predicted molar refractivity (Wildman–Crippen MR) is 48.1 cm³/mol. The van der Waals surface area contributed by atoms with Crippen LogP contribution in [0.3, 0.4) is 0 Å². The molecule has 0 unspecified atom stereocenters. The summed E-state index contributed by atoms with van der Waals surface area (Å²) in [6.45, 7) is 5.90. The number of hydrogen-bond acceptors (Lipinski definition) is 3. The van der Waals surface area contributed by atoms with Crippen molar-refractivity contribution in [1.82, 2.24) is 4.90 Å². The largest absolute Gasteiger partial charge is 0.393 e. The number of methoxy groups -OCH3 is 1. The first-order chi connectivity index (χ1) is 5.74. The van der Waals surface area contributed by atoms with Crippen molar-refractivity contribution in [2.75, 3.05) is 33.4 Å². The molecular formula is C9H19NO2. The minimum Gasteiger partial charge on any atom is -0.393 e. The Labute approximate surface area is 74.3 Å². The van der Waals surface area contributed by atoms with E-state index in [-0.39, 0.29) is 6.10 Å². The van der Waals surface area contributed by atoms with E-state index in [2.05, 4.69) is 11.8 Å². The summed E-state index contributed by atoms with van der Waals surface area (Å²) in [4.78, 5) is 2.35. The summed E-state index contributed by atoms with van der Waals surface area (Å²) in [5, 5.41) is 9.46. The van der Waals surface area contributed by atoms with Crippen LogP contribution in [0.25, 0.3) is 0 Å². The third-order valence-corrected chi connectivity index (χ3v) is 2.56. The van der Waals surface area contributed by atoms with Crippen LogP contribution in [0.15, 0.2) is 0 Å². The molecule has 0 amide bonds. The quantitative estimate of drug-likeness (QED) is 0.668. The highest BCUT2D eigenvalue weighted by Crippen LogP contribution is 2.15. The molecule has 72 valence electrons. The number of likely N-dealkylation sites (tertiary alicyclic amines) is 1. The molecular weight excluding hydrogens is 154 g/mol. The molecule has 0 aromatic carbocycles. The second-order valence-electron chi connectivity index (χ2n) is 3.63. The van der Waals surface area contributed by atoms with Crippen LogP contribution in [0.2, 0.25) is 0 Å². The van der Waals surface area contributed by atoms with Gasteiger partial charge < -0.3 is 14.7 Å². The van der Waals surface area contributed by atoms with Gasteiger partial charge in [-0.1, -0.05) is 6.92 Å². The van der Waals surface area contributed by atoms with Gasteiger partial charge in [0, 0.05) is 26.7 Å². The van der Waals surface area contributed by atoms with Gasteiger partial charge in [-0.05, 0) is 12.3 Å². The highest BCUT2D eigenvalue weighted by atomic mass is 16.5. The van der Waals surface area contributed by atoms with E-state index in [1.54, 1.807) is 7.11 Å². The van der Waals surface area contributed by atoms with E-state index in [9.17, 15) is 5.11 Å². The second kappa shape index (κ2) is 4.80. The average molecular weight is 173 g/mol. The number of aliphatic hydroxyl groups excluding tert-OH is 1. The molecule has 2 atom stereocenters. The van der Waals surface area contributed by atoms with Crippen molar-refractivity contribution < 1.29 is 9.84 Å². The zero-order valence-electron chi connectivity index (χ0n) is 7.99. The fraction of sp³-hybridized carbons (Fsp3) is 1.00. The first kappa shape index (κ1) is 9.96. The normalized spacial score (nSPS) is 32.2. The Kier molecular flexibility index (Phi) is 3.98. The lowest BCUT2D eigenvalue weighted by Crippen LogP contribution is -2.43. The van der Waals surface area contributed by atoms with Gasteiger partial charge in [-0.25, -0.2) is 0 Å². The summed E-state index contributed by atoms with van der Waals surface area (Å²) in [5.74, 6) is 0.413. The van der Waals surface area contributed by atoms with Crippen molar-refractivity contribution in [3.63, 3.8) is 0 Å². The standard InChI is InChI=1S/C9H19NO2/c1-8-7-10(5-6-12-2)4-3-9(8)11/h8-9,11H,3-7H2,1-2H3/t8-,9+/m1/s1. The maximum absolute atomic E-state index is 9.46. The Hall–Kier alpha value is -0.120. The van der Waals surface area contributed by atoms with Gasteiger partial charge >= 0.3 is 0 Å². The Morgan fingerprint density at radius 3 is 2.92 bits per heavy atom. The van der Waals surface area contributed by atoms with Crippen molar-refractivity contribution in [3.05, 3.63) is 0 Å². The van der Waals surface area contributed by atoms with Gasteiger partial charge in [0.15, 0.2) is 0 Å². The topological polar surface area (TPSA) is 32.7 Å². The molecule has 0 bridgehead atoms. The third-order valence-electron chi connectivity index (χ3n) is 2.56. The molecule has 0 aliphatic carbocycles. The molecule has 1 aliphatic rings. The lowest BCUT2D eigenvalue weighted by atomic mass is 9.97. The summed E-state index contributed by atoms with van der Waals surface area (Å²) >= 11 is 0. The molecule has 1 fully saturated rings. The number of rotatable bonds is 3. The summed E-state index contributed by atoms with van der Waals surface area (Å²) in [7, 11) is 1.72. The fourth-order valence-electron chi connectivity index (χ4n) is 1.64. The highest BCUT2D eigenvalue weighted by Gasteiger charge is 2.23. The zero-order valence-corrected chi connectivity index (χ0v) is 7.99. The predicted octanol–water partition coefficient (Wildman–Crippen LogP) is 0.335. The average Bonchev–Trinajstić information content (AvgIpc) is 2.07. The number of piperidine rings is 1. The van der Waals surface area contributed by atoms with Crippen LogP contribution in [0.1, 0.15) is 13.3 Å². The van der Waals surface area contributed by atoms with Gasteiger partial charge in [-0.15, -0.1) is 0 Å². The molecule has 0 aromatic rings. The van der Waals surface area contributed by atoms with Crippen LogP contribution >= 0.6 is 0 Å². The van der Waals surface area contributed by atoms with Gasteiger partial charge in [-0.3, -0.25) is 0 Å². The van der Waals surface area contributed by atoms with Crippen LogP contribution in [0, 0.1) is 5.92 Å².